The summed E-state index contributed by atoms with van der Waals surface area (Å²) < 4.78 is 11.6. The number of ether oxygens (including phenoxy) is 2. The summed E-state index contributed by atoms with van der Waals surface area (Å²) in [5.74, 6) is 0.150. The molecule has 1 atom stereocenters. The molecule has 0 aromatic heterocycles. The van der Waals surface area contributed by atoms with Crippen molar-refractivity contribution in [3.63, 3.8) is 0 Å². The average molecular weight is 512 g/mol. The fourth-order valence-corrected chi connectivity index (χ4v) is 5.56. The van der Waals surface area contributed by atoms with Gasteiger partial charge in [0.05, 0.1) is 13.7 Å². The highest BCUT2D eigenvalue weighted by atomic mass is 35.5. The first kappa shape index (κ1) is 24.6. The molecule has 3 fully saturated rings. The molecule has 9 heteroatoms. The standard InChI is InChI=1S/C27H30ClN3O5/c1-35-22-6-4-5-20(17-22)25(33)31-23(26(34)29-13-2-3-14-29)18-36-27(31)11-15-30(16-12-27)24(32)19-7-9-21(28)10-8-19/h4-10,17,23H,2-3,11-16,18H2,1H3. The predicted molar refractivity (Wildman–Crippen MR) is 134 cm³/mol. The molecular formula is C27H30ClN3O5. The highest BCUT2D eigenvalue weighted by Crippen LogP contribution is 2.39. The summed E-state index contributed by atoms with van der Waals surface area (Å²) in [5.41, 5.74) is 0.0592. The van der Waals surface area contributed by atoms with Gasteiger partial charge in [-0.15, -0.1) is 0 Å². The van der Waals surface area contributed by atoms with Crippen molar-refractivity contribution < 1.29 is 23.9 Å². The Labute approximate surface area is 215 Å². The number of hydrogen-bond acceptors (Lipinski definition) is 5. The van der Waals surface area contributed by atoms with Crippen LogP contribution in [-0.4, -0.2) is 84.1 Å². The van der Waals surface area contributed by atoms with Gasteiger partial charge in [-0.2, -0.15) is 0 Å². The molecule has 1 unspecified atom stereocenters. The molecule has 3 aliphatic heterocycles. The second-order valence-corrected chi connectivity index (χ2v) is 9.95. The van der Waals surface area contributed by atoms with Gasteiger partial charge >= 0.3 is 0 Å². The molecule has 0 bridgehead atoms. The number of rotatable bonds is 4. The third-order valence-corrected chi connectivity index (χ3v) is 7.67. The molecule has 0 N–H and O–H groups in total. The van der Waals surface area contributed by atoms with E-state index in [-0.39, 0.29) is 24.3 Å². The number of nitrogens with zero attached hydrogens (tertiary/aromatic N) is 3. The Bertz CT molecular complexity index is 1140. The summed E-state index contributed by atoms with van der Waals surface area (Å²) in [6.07, 6.45) is 2.78. The van der Waals surface area contributed by atoms with E-state index in [2.05, 4.69) is 0 Å². The van der Waals surface area contributed by atoms with E-state index in [9.17, 15) is 14.4 Å². The number of amides is 3. The Morgan fingerprint density at radius 3 is 2.28 bits per heavy atom. The third-order valence-electron chi connectivity index (χ3n) is 7.42. The first-order valence-electron chi connectivity index (χ1n) is 12.4. The molecule has 1 spiro atoms. The molecule has 8 nitrogen and oxygen atoms in total. The SMILES string of the molecule is COc1cccc(C(=O)N2C(C(=O)N3CCCC3)COC23CCN(C(=O)c2ccc(Cl)cc2)CC3)c1. The lowest BCUT2D eigenvalue weighted by atomic mass is 9.96. The van der Waals surface area contributed by atoms with E-state index in [0.29, 0.717) is 60.9 Å². The van der Waals surface area contributed by atoms with Gasteiger partial charge < -0.3 is 19.3 Å². The first-order chi connectivity index (χ1) is 17.4. The molecule has 3 saturated heterocycles. The van der Waals surface area contributed by atoms with Gasteiger partial charge in [0.2, 0.25) is 5.91 Å². The van der Waals surface area contributed by atoms with Crippen LogP contribution in [0.25, 0.3) is 0 Å². The fourth-order valence-electron chi connectivity index (χ4n) is 5.43. The van der Waals surface area contributed by atoms with Crippen LogP contribution in [0.3, 0.4) is 0 Å². The first-order valence-corrected chi connectivity index (χ1v) is 12.7. The van der Waals surface area contributed by atoms with Crippen molar-refractivity contribution in [2.75, 3.05) is 39.9 Å². The number of benzene rings is 2. The minimum Gasteiger partial charge on any atom is -0.497 e. The molecule has 3 aliphatic rings. The van der Waals surface area contributed by atoms with Crippen molar-refractivity contribution in [3.05, 3.63) is 64.7 Å². The van der Waals surface area contributed by atoms with Crippen molar-refractivity contribution >= 4 is 29.3 Å². The number of hydrogen-bond donors (Lipinski definition) is 0. The molecular weight excluding hydrogens is 482 g/mol. The topological polar surface area (TPSA) is 79.4 Å². The lowest BCUT2D eigenvalue weighted by Gasteiger charge is -2.44. The summed E-state index contributed by atoms with van der Waals surface area (Å²) in [7, 11) is 1.55. The maximum Gasteiger partial charge on any atom is 0.257 e. The van der Waals surface area contributed by atoms with Gasteiger partial charge in [0, 0.05) is 55.2 Å². The monoisotopic (exact) mass is 511 g/mol. The Balaban J connectivity index is 1.40. The van der Waals surface area contributed by atoms with Gasteiger partial charge in [0.1, 0.15) is 17.5 Å². The maximum absolute atomic E-state index is 13.9. The van der Waals surface area contributed by atoms with E-state index in [1.165, 1.54) is 0 Å². The summed E-state index contributed by atoms with van der Waals surface area (Å²) in [6, 6.07) is 13.1. The van der Waals surface area contributed by atoms with Crippen LogP contribution in [0.1, 0.15) is 46.4 Å². The molecule has 3 heterocycles. The minimum absolute atomic E-state index is 0.0692. The molecule has 190 valence electrons. The highest BCUT2D eigenvalue weighted by molar-refractivity contribution is 6.30. The van der Waals surface area contributed by atoms with Crippen molar-refractivity contribution in [3.8, 4) is 5.75 Å². The fraction of sp³-hybridized carbons (Fsp3) is 0.444. The Morgan fingerprint density at radius 2 is 1.61 bits per heavy atom. The van der Waals surface area contributed by atoms with Crippen LogP contribution >= 0.6 is 11.6 Å². The molecule has 2 aromatic carbocycles. The summed E-state index contributed by atoms with van der Waals surface area (Å²) in [6.45, 7) is 2.37. The van der Waals surface area contributed by atoms with Crippen LogP contribution in [0.5, 0.6) is 5.75 Å². The Kier molecular flexibility index (Phi) is 6.90. The zero-order chi connectivity index (χ0) is 25.3. The quantitative estimate of drug-likeness (QED) is 0.628. The molecule has 36 heavy (non-hydrogen) atoms. The molecule has 2 aromatic rings. The largest absolute Gasteiger partial charge is 0.497 e. The van der Waals surface area contributed by atoms with Crippen molar-refractivity contribution in [2.24, 2.45) is 0 Å². The predicted octanol–water partition coefficient (Wildman–Crippen LogP) is 3.44. The van der Waals surface area contributed by atoms with E-state index in [1.54, 1.807) is 65.4 Å². The van der Waals surface area contributed by atoms with Gasteiger partial charge in [-0.05, 0) is 55.3 Å². The van der Waals surface area contributed by atoms with Gasteiger partial charge in [0.15, 0.2) is 0 Å². The Morgan fingerprint density at radius 1 is 0.917 bits per heavy atom. The van der Waals surface area contributed by atoms with E-state index in [1.807, 2.05) is 4.90 Å². The van der Waals surface area contributed by atoms with Gasteiger partial charge in [-0.1, -0.05) is 17.7 Å². The van der Waals surface area contributed by atoms with Crippen LogP contribution < -0.4 is 4.74 Å². The number of carbonyl (C=O) groups excluding carboxylic acids is 3. The van der Waals surface area contributed by atoms with Crippen molar-refractivity contribution in [1.29, 1.82) is 0 Å². The molecule has 0 saturated carbocycles. The van der Waals surface area contributed by atoms with Crippen molar-refractivity contribution in [2.45, 2.75) is 37.5 Å². The molecule has 0 radical (unpaired) electrons. The third kappa shape index (κ3) is 4.55. The number of carbonyl (C=O) groups is 3. The zero-order valence-electron chi connectivity index (χ0n) is 20.3. The van der Waals surface area contributed by atoms with E-state index >= 15 is 0 Å². The highest BCUT2D eigenvalue weighted by Gasteiger charge is 2.55. The van der Waals surface area contributed by atoms with Crippen LogP contribution in [0.4, 0.5) is 0 Å². The summed E-state index contributed by atoms with van der Waals surface area (Å²) in [4.78, 5) is 45.7. The second-order valence-electron chi connectivity index (χ2n) is 9.51. The van der Waals surface area contributed by atoms with E-state index < -0.39 is 11.8 Å². The van der Waals surface area contributed by atoms with Gasteiger partial charge in [-0.3, -0.25) is 19.3 Å². The Hall–Kier alpha value is -3.10. The van der Waals surface area contributed by atoms with Crippen LogP contribution in [0.15, 0.2) is 48.5 Å². The smallest absolute Gasteiger partial charge is 0.257 e. The normalized spacial score (nSPS) is 21.2. The molecule has 3 amide bonds. The molecule has 0 aliphatic carbocycles. The number of piperidine rings is 1. The average Bonchev–Trinajstić information content (AvgIpc) is 3.57. The van der Waals surface area contributed by atoms with Crippen LogP contribution in [0.2, 0.25) is 5.02 Å². The van der Waals surface area contributed by atoms with Gasteiger partial charge in [0.25, 0.3) is 11.8 Å². The van der Waals surface area contributed by atoms with E-state index in [0.717, 1.165) is 12.8 Å². The second kappa shape index (κ2) is 10.1. The lowest BCUT2D eigenvalue weighted by molar-refractivity contribution is -0.136. The number of methoxy groups -OCH3 is 1. The zero-order valence-corrected chi connectivity index (χ0v) is 21.1. The van der Waals surface area contributed by atoms with Crippen LogP contribution in [0, 0.1) is 0 Å². The maximum atomic E-state index is 13.9. The minimum atomic E-state index is -0.947. The molecule has 5 rings (SSSR count). The summed E-state index contributed by atoms with van der Waals surface area (Å²) in [5, 5.41) is 0.573. The van der Waals surface area contributed by atoms with Gasteiger partial charge in [-0.25, -0.2) is 0 Å². The van der Waals surface area contributed by atoms with E-state index in [4.69, 9.17) is 21.1 Å². The number of likely N-dealkylation sites (tertiary alicyclic amines) is 2. The summed E-state index contributed by atoms with van der Waals surface area (Å²) >= 11 is 5.97. The number of halogens is 1. The van der Waals surface area contributed by atoms with Crippen LogP contribution in [-0.2, 0) is 9.53 Å². The lowest BCUT2D eigenvalue weighted by Crippen LogP contribution is -2.60. The van der Waals surface area contributed by atoms with Crippen molar-refractivity contribution in [1.82, 2.24) is 14.7 Å².